The first kappa shape index (κ1) is 8.17. The van der Waals surface area contributed by atoms with Gasteiger partial charge >= 0.3 is 0 Å². The molecule has 0 aliphatic carbocycles. The van der Waals surface area contributed by atoms with Crippen LogP contribution in [0.15, 0.2) is 48.8 Å². The molecule has 0 saturated carbocycles. The fourth-order valence-corrected chi connectivity index (χ4v) is 1.62. The second-order valence-corrected chi connectivity index (χ2v) is 3.39. The number of aromatic amines is 1. The summed E-state index contributed by atoms with van der Waals surface area (Å²) in [6.07, 6.45) is 3.59. The standard InChI is InChI=1S/C12H9N3/c1-2-4-9(5-3-1)10-6-11-12(13-7-10)8-14-15-11/h1-8H,(H,14,15). The van der Waals surface area contributed by atoms with Crippen LogP contribution in [0.1, 0.15) is 0 Å². The molecule has 0 saturated heterocycles. The number of hydrogen-bond donors (Lipinski definition) is 1. The zero-order valence-electron chi connectivity index (χ0n) is 8.01. The van der Waals surface area contributed by atoms with Crippen molar-refractivity contribution in [2.75, 3.05) is 0 Å². The largest absolute Gasteiger partial charge is 0.276 e. The van der Waals surface area contributed by atoms with E-state index in [2.05, 4.69) is 33.4 Å². The van der Waals surface area contributed by atoms with Gasteiger partial charge in [0.2, 0.25) is 0 Å². The van der Waals surface area contributed by atoms with E-state index in [-0.39, 0.29) is 0 Å². The van der Waals surface area contributed by atoms with Crippen LogP contribution in [0.4, 0.5) is 0 Å². The Bertz CT molecular complexity index is 584. The van der Waals surface area contributed by atoms with Gasteiger partial charge in [-0.25, -0.2) is 0 Å². The Kier molecular flexibility index (Phi) is 1.75. The van der Waals surface area contributed by atoms with Crippen molar-refractivity contribution in [1.29, 1.82) is 0 Å². The van der Waals surface area contributed by atoms with Gasteiger partial charge in [-0.2, -0.15) is 5.10 Å². The Morgan fingerprint density at radius 3 is 2.67 bits per heavy atom. The molecule has 0 aliphatic heterocycles. The molecule has 0 aliphatic rings. The number of fused-ring (bicyclic) bond motifs is 1. The van der Waals surface area contributed by atoms with Crippen LogP contribution in [0.25, 0.3) is 22.2 Å². The summed E-state index contributed by atoms with van der Waals surface area (Å²) >= 11 is 0. The molecule has 0 bridgehead atoms. The Morgan fingerprint density at radius 1 is 0.933 bits per heavy atom. The highest BCUT2D eigenvalue weighted by molar-refractivity contribution is 5.79. The molecule has 0 spiro atoms. The van der Waals surface area contributed by atoms with Crippen molar-refractivity contribution in [2.45, 2.75) is 0 Å². The molecule has 0 amide bonds. The topological polar surface area (TPSA) is 41.6 Å². The molecule has 2 heterocycles. The lowest BCUT2D eigenvalue weighted by Gasteiger charge is -1.99. The van der Waals surface area contributed by atoms with Gasteiger partial charge in [-0.1, -0.05) is 30.3 Å². The van der Waals surface area contributed by atoms with Gasteiger partial charge in [-0.05, 0) is 11.6 Å². The van der Waals surface area contributed by atoms with Crippen LogP contribution < -0.4 is 0 Å². The average molecular weight is 195 g/mol. The summed E-state index contributed by atoms with van der Waals surface area (Å²) in [6.45, 7) is 0. The predicted octanol–water partition coefficient (Wildman–Crippen LogP) is 2.62. The normalized spacial score (nSPS) is 10.7. The number of nitrogens with one attached hydrogen (secondary N) is 1. The summed E-state index contributed by atoms with van der Waals surface area (Å²) in [7, 11) is 0. The molecule has 0 radical (unpaired) electrons. The molecule has 0 unspecified atom stereocenters. The van der Waals surface area contributed by atoms with E-state index in [0.29, 0.717) is 0 Å². The second kappa shape index (κ2) is 3.20. The first-order chi connectivity index (χ1) is 7.43. The van der Waals surface area contributed by atoms with Crippen LogP contribution >= 0.6 is 0 Å². The lowest BCUT2D eigenvalue weighted by molar-refractivity contribution is 1.12. The zero-order valence-corrected chi connectivity index (χ0v) is 8.01. The lowest BCUT2D eigenvalue weighted by atomic mass is 10.1. The zero-order chi connectivity index (χ0) is 10.1. The van der Waals surface area contributed by atoms with Crippen molar-refractivity contribution < 1.29 is 0 Å². The van der Waals surface area contributed by atoms with E-state index in [1.54, 1.807) is 6.20 Å². The van der Waals surface area contributed by atoms with E-state index in [9.17, 15) is 0 Å². The summed E-state index contributed by atoms with van der Waals surface area (Å²) in [5.74, 6) is 0. The number of aromatic nitrogens is 3. The maximum Gasteiger partial charge on any atom is 0.108 e. The maximum atomic E-state index is 4.32. The average Bonchev–Trinajstić information content (AvgIpc) is 2.77. The van der Waals surface area contributed by atoms with E-state index in [1.165, 1.54) is 5.56 Å². The van der Waals surface area contributed by atoms with Crippen LogP contribution in [0, 0.1) is 0 Å². The van der Waals surface area contributed by atoms with Gasteiger partial charge in [-0.15, -0.1) is 0 Å². The molecular weight excluding hydrogens is 186 g/mol. The Morgan fingerprint density at radius 2 is 1.80 bits per heavy atom. The molecule has 3 nitrogen and oxygen atoms in total. The molecule has 3 rings (SSSR count). The number of nitrogens with zero attached hydrogens (tertiary/aromatic N) is 2. The summed E-state index contributed by atoms with van der Waals surface area (Å²) in [4.78, 5) is 4.32. The van der Waals surface area contributed by atoms with E-state index in [1.807, 2.05) is 24.4 Å². The monoisotopic (exact) mass is 195 g/mol. The number of H-pyrrole nitrogens is 1. The minimum absolute atomic E-state index is 0.898. The predicted molar refractivity (Wildman–Crippen MR) is 59.3 cm³/mol. The van der Waals surface area contributed by atoms with E-state index in [0.717, 1.165) is 16.6 Å². The number of rotatable bonds is 1. The van der Waals surface area contributed by atoms with Crippen molar-refractivity contribution in [1.82, 2.24) is 15.2 Å². The summed E-state index contributed by atoms with van der Waals surface area (Å²) in [5, 5.41) is 6.87. The number of benzene rings is 1. The SMILES string of the molecule is c1ccc(-c2cnc3cn[nH]c3c2)cc1. The van der Waals surface area contributed by atoms with Crippen molar-refractivity contribution >= 4 is 11.0 Å². The molecule has 1 N–H and O–H groups in total. The Hall–Kier alpha value is -2.16. The third kappa shape index (κ3) is 1.38. The smallest absolute Gasteiger partial charge is 0.108 e. The first-order valence-electron chi connectivity index (χ1n) is 4.78. The second-order valence-electron chi connectivity index (χ2n) is 3.39. The van der Waals surface area contributed by atoms with Crippen LogP contribution in [0.5, 0.6) is 0 Å². The van der Waals surface area contributed by atoms with Gasteiger partial charge in [0.1, 0.15) is 5.52 Å². The van der Waals surface area contributed by atoms with Crippen molar-refractivity contribution in [3.05, 3.63) is 48.8 Å². The van der Waals surface area contributed by atoms with Crippen LogP contribution in [0.3, 0.4) is 0 Å². The molecule has 3 heteroatoms. The highest BCUT2D eigenvalue weighted by Gasteiger charge is 2.00. The third-order valence-corrected chi connectivity index (χ3v) is 2.40. The lowest BCUT2D eigenvalue weighted by Crippen LogP contribution is -1.80. The van der Waals surface area contributed by atoms with Gasteiger partial charge in [0.05, 0.1) is 11.7 Å². The molecule has 0 fully saturated rings. The molecule has 1 aromatic carbocycles. The van der Waals surface area contributed by atoms with Gasteiger partial charge in [-0.3, -0.25) is 10.1 Å². The van der Waals surface area contributed by atoms with Crippen LogP contribution in [-0.4, -0.2) is 15.2 Å². The van der Waals surface area contributed by atoms with E-state index in [4.69, 9.17) is 0 Å². The molecule has 2 aromatic heterocycles. The van der Waals surface area contributed by atoms with Gasteiger partial charge < -0.3 is 0 Å². The van der Waals surface area contributed by atoms with Crippen LogP contribution in [-0.2, 0) is 0 Å². The molecule has 3 aromatic rings. The molecule has 72 valence electrons. The Balaban J connectivity index is 2.19. The van der Waals surface area contributed by atoms with Gasteiger partial charge in [0, 0.05) is 11.8 Å². The van der Waals surface area contributed by atoms with Crippen molar-refractivity contribution in [3.63, 3.8) is 0 Å². The number of pyridine rings is 1. The minimum Gasteiger partial charge on any atom is -0.276 e. The van der Waals surface area contributed by atoms with E-state index < -0.39 is 0 Å². The first-order valence-corrected chi connectivity index (χ1v) is 4.78. The summed E-state index contributed by atoms with van der Waals surface area (Å²) < 4.78 is 0. The minimum atomic E-state index is 0.898. The fourth-order valence-electron chi connectivity index (χ4n) is 1.62. The van der Waals surface area contributed by atoms with Crippen molar-refractivity contribution in [2.24, 2.45) is 0 Å². The molecular formula is C12H9N3. The highest BCUT2D eigenvalue weighted by Crippen LogP contribution is 2.20. The maximum absolute atomic E-state index is 4.32. The van der Waals surface area contributed by atoms with Gasteiger partial charge in [0.15, 0.2) is 0 Å². The Labute approximate surface area is 86.8 Å². The number of hydrogen-bond acceptors (Lipinski definition) is 2. The van der Waals surface area contributed by atoms with Crippen LogP contribution in [0.2, 0.25) is 0 Å². The van der Waals surface area contributed by atoms with Crippen molar-refractivity contribution in [3.8, 4) is 11.1 Å². The molecule has 0 atom stereocenters. The van der Waals surface area contributed by atoms with Gasteiger partial charge in [0.25, 0.3) is 0 Å². The summed E-state index contributed by atoms with van der Waals surface area (Å²) in [6, 6.07) is 12.2. The molecule has 15 heavy (non-hydrogen) atoms. The third-order valence-electron chi connectivity index (χ3n) is 2.40. The summed E-state index contributed by atoms with van der Waals surface area (Å²) in [5.41, 5.74) is 4.14. The highest BCUT2D eigenvalue weighted by atomic mass is 15.1. The fraction of sp³-hybridized carbons (Fsp3) is 0. The quantitative estimate of drug-likeness (QED) is 0.648. The van der Waals surface area contributed by atoms with E-state index >= 15 is 0 Å².